The smallest absolute Gasteiger partial charge is 0.320 e. The fourth-order valence-electron chi connectivity index (χ4n) is 2.94. The van der Waals surface area contributed by atoms with Crippen molar-refractivity contribution in [3.8, 4) is 0 Å². The van der Waals surface area contributed by atoms with Crippen LogP contribution in [0.4, 0.5) is 0 Å². The van der Waals surface area contributed by atoms with Gasteiger partial charge in [0.05, 0.1) is 13.2 Å². The summed E-state index contributed by atoms with van der Waals surface area (Å²) >= 11 is 0. The van der Waals surface area contributed by atoms with Gasteiger partial charge >= 0.3 is 11.9 Å². The first-order valence-corrected chi connectivity index (χ1v) is 8.95. The summed E-state index contributed by atoms with van der Waals surface area (Å²) < 4.78 is 10.2. The molecule has 0 spiro atoms. The highest BCUT2D eigenvalue weighted by Crippen LogP contribution is 2.34. The predicted octanol–water partition coefficient (Wildman–Crippen LogP) is 4.30. The zero-order chi connectivity index (χ0) is 19.3. The molecule has 0 heterocycles. The summed E-state index contributed by atoms with van der Waals surface area (Å²) in [6.45, 7) is 14.3. The Bertz CT molecular complexity index is 561. The summed E-state index contributed by atoms with van der Waals surface area (Å²) in [5, 5.41) is 0. The lowest BCUT2D eigenvalue weighted by molar-refractivity contribution is -0.167. The Hall–Kier alpha value is -1.84. The van der Waals surface area contributed by atoms with Gasteiger partial charge in [0.25, 0.3) is 0 Å². The zero-order valence-corrected chi connectivity index (χ0v) is 16.6. The first-order chi connectivity index (χ1) is 11.5. The largest absolute Gasteiger partial charge is 0.465 e. The number of esters is 2. The van der Waals surface area contributed by atoms with E-state index in [9.17, 15) is 9.59 Å². The Balaban J connectivity index is 3.04. The molecule has 0 fully saturated rings. The third-order valence-electron chi connectivity index (χ3n) is 4.31. The first kappa shape index (κ1) is 21.2. The molecule has 1 aromatic carbocycles. The molecule has 0 N–H and O–H groups in total. The maximum Gasteiger partial charge on any atom is 0.320 e. The molecule has 0 amide bonds. The van der Waals surface area contributed by atoms with E-state index in [0.29, 0.717) is 6.42 Å². The SMILES string of the molecule is CCOC(=O)C(C(=O)OCC)C(C)(C)Cc1ccc(C(C)(C)C)cc1. The van der Waals surface area contributed by atoms with Gasteiger partial charge in [-0.1, -0.05) is 58.9 Å². The van der Waals surface area contributed by atoms with Crippen molar-refractivity contribution in [1.29, 1.82) is 0 Å². The minimum Gasteiger partial charge on any atom is -0.465 e. The molecule has 0 saturated heterocycles. The second kappa shape index (κ2) is 8.50. The molecule has 0 radical (unpaired) electrons. The van der Waals surface area contributed by atoms with Gasteiger partial charge < -0.3 is 9.47 Å². The molecule has 1 aromatic rings. The van der Waals surface area contributed by atoms with Gasteiger partial charge in [0.1, 0.15) is 0 Å². The van der Waals surface area contributed by atoms with E-state index in [-0.39, 0.29) is 18.6 Å². The van der Waals surface area contributed by atoms with Crippen LogP contribution in [0.15, 0.2) is 24.3 Å². The van der Waals surface area contributed by atoms with Gasteiger partial charge in [0.2, 0.25) is 0 Å². The highest BCUT2D eigenvalue weighted by atomic mass is 16.6. The Kier molecular flexibility index (Phi) is 7.21. The molecule has 25 heavy (non-hydrogen) atoms. The number of ether oxygens (including phenoxy) is 2. The third-order valence-corrected chi connectivity index (χ3v) is 4.31. The third kappa shape index (κ3) is 5.87. The van der Waals surface area contributed by atoms with Crippen LogP contribution in [0.3, 0.4) is 0 Å². The monoisotopic (exact) mass is 348 g/mol. The van der Waals surface area contributed by atoms with E-state index in [2.05, 4.69) is 45.0 Å². The average molecular weight is 348 g/mol. The van der Waals surface area contributed by atoms with E-state index in [0.717, 1.165) is 5.56 Å². The summed E-state index contributed by atoms with van der Waals surface area (Å²) in [4.78, 5) is 24.7. The highest BCUT2D eigenvalue weighted by Gasteiger charge is 2.43. The lowest BCUT2D eigenvalue weighted by Crippen LogP contribution is -2.41. The van der Waals surface area contributed by atoms with Crippen LogP contribution in [0.1, 0.15) is 59.6 Å². The van der Waals surface area contributed by atoms with E-state index < -0.39 is 23.3 Å². The minimum atomic E-state index is -0.935. The Labute approximate surface area is 151 Å². The van der Waals surface area contributed by atoms with Crippen LogP contribution in [-0.4, -0.2) is 25.2 Å². The van der Waals surface area contributed by atoms with Gasteiger partial charge in [0.15, 0.2) is 5.92 Å². The molecule has 0 saturated carbocycles. The van der Waals surface area contributed by atoms with Crippen LogP contribution in [0, 0.1) is 11.3 Å². The number of rotatable bonds is 7. The first-order valence-electron chi connectivity index (χ1n) is 8.95. The van der Waals surface area contributed by atoms with Crippen molar-refractivity contribution in [2.45, 2.75) is 60.3 Å². The number of carbonyl (C=O) groups is 2. The molecule has 0 atom stereocenters. The minimum absolute atomic E-state index is 0.0897. The maximum atomic E-state index is 12.4. The zero-order valence-electron chi connectivity index (χ0n) is 16.6. The van der Waals surface area contributed by atoms with Crippen molar-refractivity contribution in [2.24, 2.45) is 11.3 Å². The van der Waals surface area contributed by atoms with Gasteiger partial charge in [-0.15, -0.1) is 0 Å². The Morgan fingerprint density at radius 1 is 0.880 bits per heavy atom. The van der Waals surface area contributed by atoms with Crippen LogP contribution in [0.25, 0.3) is 0 Å². The summed E-state index contributed by atoms with van der Waals surface area (Å²) in [5.41, 5.74) is 1.81. The van der Waals surface area contributed by atoms with Gasteiger partial charge in [-0.2, -0.15) is 0 Å². The summed E-state index contributed by atoms with van der Waals surface area (Å²) in [6.07, 6.45) is 0.583. The molecule has 0 bridgehead atoms. The fraction of sp³-hybridized carbons (Fsp3) is 0.619. The van der Waals surface area contributed by atoms with Crippen molar-refractivity contribution in [2.75, 3.05) is 13.2 Å². The summed E-state index contributed by atoms with van der Waals surface area (Å²) in [6, 6.07) is 8.34. The molecule has 4 nitrogen and oxygen atoms in total. The molecule has 0 aliphatic rings. The maximum absolute atomic E-state index is 12.4. The molecular formula is C21H32O4. The molecule has 140 valence electrons. The van der Waals surface area contributed by atoms with Gasteiger partial charge in [-0.25, -0.2) is 0 Å². The van der Waals surface area contributed by atoms with E-state index in [1.54, 1.807) is 13.8 Å². The van der Waals surface area contributed by atoms with Crippen LogP contribution < -0.4 is 0 Å². The molecule has 0 aliphatic heterocycles. The van der Waals surface area contributed by atoms with E-state index in [1.807, 2.05) is 13.8 Å². The van der Waals surface area contributed by atoms with Crippen molar-refractivity contribution < 1.29 is 19.1 Å². The second-order valence-corrected chi connectivity index (χ2v) is 8.05. The lowest BCUT2D eigenvalue weighted by atomic mass is 9.74. The van der Waals surface area contributed by atoms with Crippen molar-refractivity contribution >= 4 is 11.9 Å². The predicted molar refractivity (Wildman–Crippen MR) is 99.4 cm³/mol. The number of carbonyl (C=O) groups excluding carboxylic acids is 2. The van der Waals surface area contributed by atoms with Crippen LogP contribution >= 0.6 is 0 Å². The molecular weight excluding hydrogens is 316 g/mol. The molecule has 0 aliphatic carbocycles. The summed E-state index contributed by atoms with van der Waals surface area (Å²) in [5.74, 6) is -1.97. The van der Waals surface area contributed by atoms with Gasteiger partial charge in [-0.3, -0.25) is 9.59 Å². The van der Waals surface area contributed by atoms with Crippen molar-refractivity contribution in [3.63, 3.8) is 0 Å². The van der Waals surface area contributed by atoms with Crippen LogP contribution in [0.2, 0.25) is 0 Å². The number of hydrogen-bond donors (Lipinski definition) is 0. The fourth-order valence-corrected chi connectivity index (χ4v) is 2.94. The van der Waals surface area contributed by atoms with Gasteiger partial charge in [0, 0.05) is 0 Å². The van der Waals surface area contributed by atoms with Crippen LogP contribution in [-0.2, 0) is 30.9 Å². The lowest BCUT2D eigenvalue weighted by Gasteiger charge is -2.31. The van der Waals surface area contributed by atoms with Crippen molar-refractivity contribution in [3.05, 3.63) is 35.4 Å². The molecule has 1 rings (SSSR count). The molecule has 0 unspecified atom stereocenters. The van der Waals surface area contributed by atoms with Gasteiger partial charge in [-0.05, 0) is 42.2 Å². The normalized spacial score (nSPS) is 12.2. The quantitative estimate of drug-likeness (QED) is 0.545. The summed E-state index contributed by atoms with van der Waals surface area (Å²) in [7, 11) is 0. The van der Waals surface area contributed by atoms with E-state index in [4.69, 9.17) is 9.47 Å². The highest BCUT2D eigenvalue weighted by molar-refractivity contribution is 5.95. The van der Waals surface area contributed by atoms with Crippen molar-refractivity contribution in [1.82, 2.24) is 0 Å². The molecule has 0 aromatic heterocycles. The average Bonchev–Trinajstić information content (AvgIpc) is 2.46. The standard InChI is InChI=1S/C21H32O4/c1-8-24-18(22)17(19(23)25-9-2)21(6,7)14-15-10-12-16(13-11-15)20(3,4)5/h10-13,17H,8-9,14H2,1-7H3. The molecule has 4 heteroatoms. The Morgan fingerprint density at radius 2 is 1.32 bits per heavy atom. The van der Waals surface area contributed by atoms with Crippen LogP contribution in [0.5, 0.6) is 0 Å². The van der Waals surface area contributed by atoms with E-state index >= 15 is 0 Å². The Morgan fingerprint density at radius 3 is 1.68 bits per heavy atom. The number of hydrogen-bond acceptors (Lipinski definition) is 4. The van der Waals surface area contributed by atoms with E-state index in [1.165, 1.54) is 5.56 Å². The second-order valence-electron chi connectivity index (χ2n) is 8.05. The number of benzene rings is 1. The topological polar surface area (TPSA) is 52.6 Å².